The fourth-order valence-electron chi connectivity index (χ4n) is 2.34. The first kappa shape index (κ1) is 20.0. The molecule has 2 amide bonds. The molecule has 0 heterocycles. The SMILES string of the molecule is CN=C(NCc1ccc(C)cc1)NCc1ccc(C(=O)NCC(N)=O)cc1. The van der Waals surface area contributed by atoms with Crippen LogP contribution in [0.25, 0.3) is 0 Å². The van der Waals surface area contributed by atoms with Crippen LogP contribution in [0.15, 0.2) is 53.5 Å². The van der Waals surface area contributed by atoms with Crippen LogP contribution in [-0.4, -0.2) is 31.4 Å². The van der Waals surface area contributed by atoms with Gasteiger partial charge in [0.05, 0.1) is 6.54 Å². The van der Waals surface area contributed by atoms with Gasteiger partial charge in [-0.15, -0.1) is 0 Å². The van der Waals surface area contributed by atoms with Gasteiger partial charge in [-0.05, 0) is 30.2 Å². The molecule has 0 atom stereocenters. The third-order valence-corrected chi connectivity index (χ3v) is 3.90. The number of hydrogen-bond acceptors (Lipinski definition) is 3. The highest BCUT2D eigenvalue weighted by Crippen LogP contribution is 2.05. The molecular formula is C20H25N5O2. The van der Waals surface area contributed by atoms with Gasteiger partial charge in [-0.25, -0.2) is 0 Å². The molecule has 0 aliphatic rings. The van der Waals surface area contributed by atoms with E-state index in [0.717, 1.165) is 5.56 Å². The lowest BCUT2D eigenvalue weighted by atomic mass is 10.1. The topological polar surface area (TPSA) is 109 Å². The van der Waals surface area contributed by atoms with Gasteiger partial charge in [-0.3, -0.25) is 14.6 Å². The Morgan fingerprint density at radius 2 is 1.41 bits per heavy atom. The van der Waals surface area contributed by atoms with Gasteiger partial charge in [0, 0.05) is 25.7 Å². The van der Waals surface area contributed by atoms with Crippen LogP contribution in [0.1, 0.15) is 27.0 Å². The largest absolute Gasteiger partial charge is 0.368 e. The summed E-state index contributed by atoms with van der Waals surface area (Å²) in [4.78, 5) is 26.8. The molecule has 27 heavy (non-hydrogen) atoms. The summed E-state index contributed by atoms with van der Waals surface area (Å²) < 4.78 is 0. The van der Waals surface area contributed by atoms with Crippen molar-refractivity contribution in [2.24, 2.45) is 10.7 Å². The molecular weight excluding hydrogens is 342 g/mol. The van der Waals surface area contributed by atoms with Crippen molar-refractivity contribution < 1.29 is 9.59 Å². The highest BCUT2D eigenvalue weighted by atomic mass is 16.2. The van der Waals surface area contributed by atoms with Gasteiger partial charge in [0.15, 0.2) is 5.96 Å². The van der Waals surface area contributed by atoms with Crippen LogP contribution < -0.4 is 21.7 Å². The summed E-state index contributed by atoms with van der Waals surface area (Å²) in [5.41, 5.74) is 8.89. The van der Waals surface area contributed by atoms with Crippen LogP contribution in [0, 0.1) is 6.92 Å². The summed E-state index contributed by atoms with van der Waals surface area (Å²) in [6.45, 7) is 3.13. The molecule has 0 aliphatic heterocycles. The van der Waals surface area contributed by atoms with Crippen molar-refractivity contribution >= 4 is 17.8 Å². The zero-order valence-electron chi connectivity index (χ0n) is 15.6. The number of benzene rings is 2. The van der Waals surface area contributed by atoms with Crippen LogP contribution in [0.4, 0.5) is 0 Å². The number of rotatable bonds is 7. The van der Waals surface area contributed by atoms with Gasteiger partial charge in [0.2, 0.25) is 5.91 Å². The third kappa shape index (κ3) is 6.81. The number of nitrogens with one attached hydrogen (secondary N) is 3. The van der Waals surface area contributed by atoms with Crippen molar-refractivity contribution in [1.29, 1.82) is 0 Å². The summed E-state index contributed by atoms with van der Waals surface area (Å²) in [7, 11) is 1.72. The Morgan fingerprint density at radius 3 is 1.89 bits per heavy atom. The number of hydrogen-bond donors (Lipinski definition) is 4. The molecule has 0 radical (unpaired) electrons. The maximum atomic E-state index is 11.9. The molecule has 2 aromatic carbocycles. The third-order valence-electron chi connectivity index (χ3n) is 3.90. The van der Waals surface area contributed by atoms with E-state index in [2.05, 4.69) is 52.1 Å². The summed E-state index contributed by atoms with van der Waals surface area (Å²) in [6.07, 6.45) is 0. The van der Waals surface area contributed by atoms with Crippen molar-refractivity contribution in [2.75, 3.05) is 13.6 Å². The molecule has 0 saturated carbocycles. The van der Waals surface area contributed by atoms with Crippen molar-refractivity contribution in [1.82, 2.24) is 16.0 Å². The number of carbonyl (C=O) groups excluding carboxylic acids is 2. The van der Waals surface area contributed by atoms with Gasteiger partial charge in [-0.1, -0.05) is 42.0 Å². The van der Waals surface area contributed by atoms with E-state index in [1.165, 1.54) is 11.1 Å². The smallest absolute Gasteiger partial charge is 0.251 e. The Bertz CT molecular complexity index is 798. The molecule has 0 unspecified atom stereocenters. The zero-order valence-corrected chi connectivity index (χ0v) is 15.6. The number of primary amides is 1. The van der Waals surface area contributed by atoms with E-state index in [1.54, 1.807) is 19.2 Å². The van der Waals surface area contributed by atoms with E-state index in [-0.39, 0.29) is 12.5 Å². The predicted molar refractivity (Wildman–Crippen MR) is 106 cm³/mol. The molecule has 0 bridgehead atoms. The maximum absolute atomic E-state index is 11.9. The van der Waals surface area contributed by atoms with Crippen LogP contribution in [0.5, 0.6) is 0 Å². The summed E-state index contributed by atoms with van der Waals surface area (Å²) in [5.74, 6) is -0.212. The fourth-order valence-corrected chi connectivity index (χ4v) is 2.34. The molecule has 0 fully saturated rings. The van der Waals surface area contributed by atoms with Gasteiger partial charge >= 0.3 is 0 Å². The number of aryl methyl sites for hydroxylation is 1. The Morgan fingerprint density at radius 1 is 0.889 bits per heavy atom. The molecule has 142 valence electrons. The lowest BCUT2D eigenvalue weighted by Gasteiger charge is -2.12. The van der Waals surface area contributed by atoms with Crippen LogP contribution in [-0.2, 0) is 17.9 Å². The molecule has 0 aromatic heterocycles. The molecule has 0 spiro atoms. The van der Waals surface area contributed by atoms with E-state index in [1.807, 2.05) is 12.1 Å². The van der Waals surface area contributed by atoms with E-state index in [4.69, 9.17) is 5.73 Å². The average molecular weight is 367 g/mol. The number of aliphatic imine (C=N–C) groups is 1. The predicted octanol–water partition coefficient (Wildman–Crippen LogP) is 1.08. The van der Waals surface area contributed by atoms with Gasteiger partial charge in [0.1, 0.15) is 0 Å². The summed E-state index contributed by atoms with van der Waals surface area (Å²) in [6, 6.07) is 15.4. The number of carbonyl (C=O) groups is 2. The normalized spacial score (nSPS) is 11.0. The second kappa shape index (κ2) is 9.96. The van der Waals surface area contributed by atoms with Crippen molar-refractivity contribution in [2.45, 2.75) is 20.0 Å². The highest BCUT2D eigenvalue weighted by molar-refractivity contribution is 5.96. The molecule has 7 nitrogen and oxygen atoms in total. The first-order chi connectivity index (χ1) is 13.0. The minimum Gasteiger partial charge on any atom is -0.368 e. The van der Waals surface area contributed by atoms with E-state index >= 15 is 0 Å². The Balaban J connectivity index is 1.82. The quantitative estimate of drug-likeness (QED) is 0.434. The maximum Gasteiger partial charge on any atom is 0.251 e. The average Bonchev–Trinajstić information content (AvgIpc) is 2.68. The fraction of sp³-hybridized carbons (Fsp3) is 0.250. The lowest BCUT2D eigenvalue weighted by molar-refractivity contribution is -0.117. The first-order valence-corrected chi connectivity index (χ1v) is 8.63. The lowest BCUT2D eigenvalue weighted by Crippen LogP contribution is -2.36. The highest BCUT2D eigenvalue weighted by Gasteiger charge is 2.06. The summed E-state index contributed by atoms with van der Waals surface area (Å²) in [5, 5.41) is 8.95. The minimum atomic E-state index is -0.575. The van der Waals surface area contributed by atoms with Crippen molar-refractivity contribution in [3.05, 3.63) is 70.8 Å². The number of nitrogens with zero attached hydrogens (tertiary/aromatic N) is 1. The van der Waals surface area contributed by atoms with Crippen LogP contribution in [0.3, 0.4) is 0 Å². The second-order valence-electron chi connectivity index (χ2n) is 6.11. The summed E-state index contributed by atoms with van der Waals surface area (Å²) >= 11 is 0. The first-order valence-electron chi connectivity index (χ1n) is 8.63. The van der Waals surface area contributed by atoms with Crippen molar-refractivity contribution in [3.63, 3.8) is 0 Å². The standard InChI is InChI=1S/C20H25N5O2/c1-14-3-5-15(6-4-14)11-24-20(22-2)25-12-16-7-9-17(10-8-16)19(27)23-13-18(21)26/h3-10H,11-13H2,1-2H3,(H2,21,26)(H,23,27)(H2,22,24,25). The second-order valence-corrected chi connectivity index (χ2v) is 6.11. The minimum absolute atomic E-state index is 0.175. The van der Waals surface area contributed by atoms with Crippen molar-refractivity contribution in [3.8, 4) is 0 Å². The molecule has 0 saturated heterocycles. The van der Waals surface area contributed by atoms with E-state index < -0.39 is 5.91 Å². The molecule has 7 heteroatoms. The van der Waals surface area contributed by atoms with Gasteiger partial charge in [0.25, 0.3) is 5.91 Å². The molecule has 5 N–H and O–H groups in total. The number of nitrogens with two attached hydrogens (primary N) is 1. The molecule has 2 rings (SSSR count). The van der Waals surface area contributed by atoms with Crippen LogP contribution >= 0.6 is 0 Å². The number of amides is 2. The number of guanidine groups is 1. The molecule has 0 aliphatic carbocycles. The van der Waals surface area contributed by atoms with E-state index in [0.29, 0.717) is 24.6 Å². The Kier molecular flexibility index (Phi) is 7.37. The Hall–Kier alpha value is -3.35. The van der Waals surface area contributed by atoms with E-state index in [9.17, 15) is 9.59 Å². The van der Waals surface area contributed by atoms with Gasteiger partial charge in [-0.2, -0.15) is 0 Å². The molecule has 2 aromatic rings. The van der Waals surface area contributed by atoms with Gasteiger partial charge < -0.3 is 21.7 Å². The zero-order chi connectivity index (χ0) is 19.6. The Labute approximate surface area is 159 Å². The monoisotopic (exact) mass is 367 g/mol. The van der Waals surface area contributed by atoms with Crippen LogP contribution in [0.2, 0.25) is 0 Å².